The molecule has 2 aliphatic rings. The SMILES string of the molecule is O=C(CC1CC(F)(F)C1(F)F)Nc1nc2ccc(C(F)(F)F)nc2n1C1=CC=C1. The Balaban J connectivity index is 1.63. The minimum absolute atomic E-state index is 0.0232. The van der Waals surface area contributed by atoms with Gasteiger partial charge >= 0.3 is 18.0 Å². The van der Waals surface area contributed by atoms with Gasteiger partial charge in [0.2, 0.25) is 11.9 Å². The van der Waals surface area contributed by atoms with E-state index in [1.165, 1.54) is 12.2 Å². The highest BCUT2D eigenvalue weighted by molar-refractivity contribution is 5.93. The molecule has 1 amide bonds. The first-order chi connectivity index (χ1) is 13.4. The highest BCUT2D eigenvalue weighted by Crippen LogP contribution is 2.56. The number of hydrogen-bond donors (Lipinski definition) is 1. The van der Waals surface area contributed by atoms with Gasteiger partial charge in [0.15, 0.2) is 5.65 Å². The molecule has 0 bridgehead atoms. The van der Waals surface area contributed by atoms with Crippen LogP contribution < -0.4 is 5.32 Å². The average molecular weight is 420 g/mol. The topological polar surface area (TPSA) is 59.8 Å². The number of halogens is 7. The van der Waals surface area contributed by atoms with Gasteiger partial charge in [-0.25, -0.2) is 9.97 Å². The molecule has 0 aromatic carbocycles. The third-order valence-electron chi connectivity index (χ3n) is 4.77. The van der Waals surface area contributed by atoms with E-state index < -0.39 is 48.4 Å². The van der Waals surface area contributed by atoms with Gasteiger partial charge in [0.25, 0.3) is 0 Å². The summed E-state index contributed by atoms with van der Waals surface area (Å²) in [5.41, 5.74) is -0.999. The lowest BCUT2D eigenvalue weighted by Gasteiger charge is -2.43. The van der Waals surface area contributed by atoms with Gasteiger partial charge in [0.1, 0.15) is 11.2 Å². The fourth-order valence-electron chi connectivity index (χ4n) is 3.12. The van der Waals surface area contributed by atoms with E-state index in [9.17, 15) is 35.5 Å². The summed E-state index contributed by atoms with van der Waals surface area (Å²) in [6.07, 6.45) is -2.12. The largest absolute Gasteiger partial charge is 0.433 e. The quantitative estimate of drug-likeness (QED) is 0.743. The summed E-state index contributed by atoms with van der Waals surface area (Å²) in [6.45, 7) is 0. The molecule has 1 unspecified atom stereocenters. The number of rotatable bonds is 4. The molecule has 0 saturated heterocycles. The minimum Gasteiger partial charge on any atom is -0.296 e. The molecular weight excluding hydrogens is 409 g/mol. The fourth-order valence-corrected chi connectivity index (χ4v) is 3.12. The van der Waals surface area contributed by atoms with Crippen molar-refractivity contribution in [2.24, 2.45) is 5.92 Å². The van der Waals surface area contributed by atoms with Crippen LogP contribution in [0.4, 0.5) is 36.7 Å². The Bertz CT molecular complexity index is 1070. The highest BCUT2D eigenvalue weighted by Gasteiger charge is 2.71. The number of carbonyl (C=O) groups excluding carboxylic acids is 1. The molecule has 5 nitrogen and oxygen atoms in total. The molecule has 4 rings (SSSR count). The van der Waals surface area contributed by atoms with E-state index in [-0.39, 0.29) is 17.1 Å². The maximum Gasteiger partial charge on any atom is 0.433 e. The van der Waals surface area contributed by atoms with Crippen LogP contribution in [0, 0.1) is 5.92 Å². The van der Waals surface area contributed by atoms with Gasteiger partial charge in [-0.3, -0.25) is 14.7 Å². The summed E-state index contributed by atoms with van der Waals surface area (Å²) < 4.78 is 92.6. The van der Waals surface area contributed by atoms with E-state index >= 15 is 0 Å². The van der Waals surface area contributed by atoms with Crippen molar-refractivity contribution in [2.75, 3.05) is 5.32 Å². The van der Waals surface area contributed by atoms with Gasteiger partial charge < -0.3 is 0 Å². The number of hydrogen-bond acceptors (Lipinski definition) is 3. The van der Waals surface area contributed by atoms with Crippen LogP contribution in [-0.2, 0) is 11.0 Å². The molecule has 1 atom stereocenters. The molecule has 2 aliphatic carbocycles. The molecule has 0 spiro atoms. The van der Waals surface area contributed by atoms with Gasteiger partial charge in [-0.2, -0.15) is 30.7 Å². The van der Waals surface area contributed by atoms with E-state index in [1.807, 2.05) is 0 Å². The summed E-state index contributed by atoms with van der Waals surface area (Å²) in [6, 6.07) is 1.77. The first-order valence-corrected chi connectivity index (χ1v) is 8.31. The summed E-state index contributed by atoms with van der Waals surface area (Å²) in [5.74, 6) is -11.6. The Kier molecular flexibility index (Phi) is 4.04. The van der Waals surface area contributed by atoms with Crippen LogP contribution in [0.5, 0.6) is 0 Å². The molecule has 1 fully saturated rings. The second-order valence-electron chi connectivity index (χ2n) is 6.74. The zero-order valence-corrected chi connectivity index (χ0v) is 14.3. The van der Waals surface area contributed by atoms with Crippen LogP contribution >= 0.6 is 0 Å². The molecule has 0 aliphatic heterocycles. The van der Waals surface area contributed by atoms with Gasteiger partial charge in [-0.15, -0.1) is 0 Å². The third kappa shape index (κ3) is 3.06. The number of nitrogens with one attached hydrogen (secondary N) is 1. The van der Waals surface area contributed by atoms with Crippen molar-refractivity contribution in [2.45, 2.75) is 30.9 Å². The molecule has 1 saturated carbocycles. The Morgan fingerprint density at radius 1 is 1.21 bits per heavy atom. The van der Waals surface area contributed by atoms with E-state index in [1.54, 1.807) is 6.08 Å². The maximum atomic E-state index is 13.4. The number of aromatic nitrogens is 3. The predicted molar refractivity (Wildman–Crippen MR) is 87.2 cm³/mol. The highest BCUT2D eigenvalue weighted by atomic mass is 19.4. The zero-order valence-electron chi connectivity index (χ0n) is 14.3. The van der Waals surface area contributed by atoms with E-state index in [0.29, 0.717) is 11.8 Å². The number of amides is 1. The third-order valence-corrected chi connectivity index (χ3v) is 4.77. The first kappa shape index (κ1) is 19.4. The van der Waals surface area contributed by atoms with E-state index in [2.05, 4.69) is 15.3 Å². The molecule has 29 heavy (non-hydrogen) atoms. The standard InChI is InChI=1S/C17H11F7N4O/c18-15(19)7-8(16(15,20)21)6-12(29)27-14-25-10-4-5-11(17(22,23)24)26-13(10)28(14)9-2-1-3-9/h1-5,8H,6-7H2,(H,25,27,29). The van der Waals surface area contributed by atoms with Crippen molar-refractivity contribution in [3.63, 3.8) is 0 Å². The average Bonchev–Trinajstić information content (AvgIpc) is 2.89. The van der Waals surface area contributed by atoms with Crippen molar-refractivity contribution in [3.8, 4) is 0 Å². The van der Waals surface area contributed by atoms with Gasteiger partial charge in [-0.1, -0.05) is 6.08 Å². The van der Waals surface area contributed by atoms with Crippen LogP contribution in [0.3, 0.4) is 0 Å². The summed E-state index contributed by atoms with van der Waals surface area (Å²) in [4.78, 5) is 19.6. The molecule has 154 valence electrons. The number of fused-ring (bicyclic) bond motifs is 1. The van der Waals surface area contributed by atoms with Crippen molar-refractivity contribution in [1.29, 1.82) is 0 Å². The van der Waals surface area contributed by atoms with Gasteiger partial charge in [0.05, 0.1) is 5.70 Å². The normalized spacial score (nSPS) is 22.0. The van der Waals surface area contributed by atoms with Crippen LogP contribution in [0.2, 0.25) is 0 Å². The van der Waals surface area contributed by atoms with Crippen LogP contribution in [-0.4, -0.2) is 32.3 Å². The van der Waals surface area contributed by atoms with E-state index in [4.69, 9.17) is 0 Å². The smallest absolute Gasteiger partial charge is 0.296 e. The number of allylic oxidation sites excluding steroid dienone is 4. The van der Waals surface area contributed by atoms with Gasteiger partial charge in [0, 0.05) is 18.8 Å². The first-order valence-electron chi connectivity index (χ1n) is 8.31. The van der Waals surface area contributed by atoms with E-state index in [0.717, 1.165) is 10.6 Å². The van der Waals surface area contributed by atoms with Crippen molar-refractivity contribution >= 4 is 28.7 Å². The Labute approximate surface area is 157 Å². The minimum atomic E-state index is -4.71. The van der Waals surface area contributed by atoms with Crippen LogP contribution in [0.15, 0.2) is 30.4 Å². The number of imidazole rings is 1. The lowest BCUT2D eigenvalue weighted by Crippen LogP contribution is -2.59. The summed E-state index contributed by atoms with van der Waals surface area (Å²) in [5, 5.41) is 2.21. The monoisotopic (exact) mass is 420 g/mol. The molecule has 1 N–H and O–H groups in total. The lowest BCUT2D eigenvalue weighted by molar-refractivity contribution is -0.313. The van der Waals surface area contributed by atoms with Crippen molar-refractivity contribution in [3.05, 3.63) is 36.1 Å². The summed E-state index contributed by atoms with van der Waals surface area (Å²) >= 11 is 0. The maximum absolute atomic E-state index is 13.4. The Hall–Kier alpha value is -2.92. The number of alkyl halides is 7. The van der Waals surface area contributed by atoms with Crippen LogP contribution in [0.1, 0.15) is 18.5 Å². The Morgan fingerprint density at radius 3 is 2.41 bits per heavy atom. The predicted octanol–water partition coefficient (Wildman–Crippen LogP) is 4.48. The molecule has 2 aromatic rings. The number of pyridine rings is 1. The van der Waals surface area contributed by atoms with Crippen LogP contribution in [0.25, 0.3) is 16.9 Å². The molecule has 12 heteroatoms. The van der Waals surface area contributed by atoms with Crippen molar-refractivity contribution in [1.82, 2.24) is 14.5 Å². The second-order valence-corrected chi connectivity index (χ2v) is 6.74. The Morgan fingerprint density at radius 2 is 1.90 bits per heavy atom. The molecule has 2 aromatic heterocycles. The number of carbonyl (C=O) groups is 1. The molecule has 2 heterocycles. The second kappa shape index (κ2) is 6.04. The molecule has 0 radical (unpaired) electrons. The lowest BCUT2D eigenvalue weighted by atomic mass is 9.74. The van der Waals surface area contributed by atoms with Crippen molar-refractivity contribution < 1.29 is 35.5 Å². The zero-order chi connectivity index (χ0) is 21.2. The number of anilines is 1. The fraction of sp³-hybridized carbons (Fsp3) is 0.353. The summed E-state index contributed by atoms with van der Waals surface area (Å²) in [7, 11) is 0. The number of nitrogens with zero attached hydrogens (tertiary/aromatic N) is 3. The van der Waals surface area contributed by atoms with Gasteiger partial charge in [-0.05, 0) is 24.3 Å². The molecular formula is C17H11F7N4O.